The summed E-state index contributed by atoms with van der Waals surface area (Å²) in [6.45, 7) is 1.70. The fourth-order valence-electron chi connectivity index (χ4n) is 0.837. The van der Waals surface area contributed by atoms with Crippen molar-refractivity contribution < 1.29 is 14.6 Å². The Hall–Kier alpha value is -0.610. The molecule has 0 saturated carbocycles. The molecular formula is C8H17NO3. The number of aliphatic hydroxyl groups is 1. The number of ether oxygens (including phenoxy) is 1. The Morgan fingerprint density at radius 3 is 2.67 bits per heavy atom. The van der Waals surface area contributed by atoms with Crippen LogP contribution in [0.4, 0.5) is 0 Å². The van der Waals surface area contributed by atoms with Crippen molar-refractivity contribution in [1.29, 1.82) is 0 Å². The molecule has 0 aromatic rings. The summed E-state index contributed by atoms with van der Waals surface area (Å²) in [5.74, 6) is -0.189. The third-order valence-corrected chi connectivity index (χ3v) is 1.62. The largest absolute Gasteiger partial charge is 0.469 e. The minimum Gasteiger partial charge on any atom is -0.469 e. The predicted octanol–water partition coefficient (Wildman–Crippen LogP) is -0.136. The van der Waals surface area contributed by atoms with Crippen LogP contribution in [0.5, 0.6) is 0 Å². The van der Waals surface area contributed by atoms with Crippen molar-refractivity contribution in [3.63, 3.8) is 0 Å². The molecule has 0 saturated heterocycles. The van der Waals surface area contributed by atoms with Crippen LogP contribution in [-0.2, 0) is 9.53 Å². The molecule has 0 spiro atoms. The normalized spacial score (nSPS) is 10.3. The van der Waals surface area contributed by atoms with Crippen molar-refractivity contribution in [1.82, 2.24) is 4.90 Å². The van der Waals surface area contributed by atoms with Crippen LogP contribution in [0.2, 0.25) is 0 Å². The topological polar surface area (TPSA) is 49.8 Å². The highest BCUT2D eigenvalue weighted by Gasteiger charge is 2.02. The number of hydrogen-bond acceptors (Lipinski definition) is 4. The minimum absolute atomic E-state index is 0.189. The fourth-order valence-corrected chi connectivity index (χ4v) is 0.837. The second-order valence-electron chi connectivity index (χ2n) is 2.71. The van der Waals surface area contributed by atoms with Gasteiger partial charge >= 0.3 is 5.97 Å². The molecule has 12 heavy (non-hydrogen) atoms. The van der Waals surface area contributed by atoms with Crippen molar-refractivity contribution in [2.45, 2.75) is 12.8 Å². The minimum atomic E-state index is -0.189. The quantitative estimate of drug-likeness (QED) is 0.571. The van der Waals surface area contributed by atoms with Gasteiger partial charge in [0.1, 0.15) is 0 Å². The number of rotatable bonds is 6. The zero-order valence-electron chi connectivity index (χ0n) is 7.75. The molecule has 0 radical (unpaired) electrons. The van der Waals surface area contributed by atoms with Gasteiger partial charge in [-0.25, -0.2) is 0 Å². The smallest absolute Gasteiger partial charge is 0.306 e. The molecule has 0 atom stereocenters. The van der Waals surface area contributed by atoms with Crippen molar-refractivity contribution in [3.8, 4) is 0 Å². The van der Waals surface area contributed by atoms with Gasteiger partial charge in [0.05, 0.1) is 13.5 Å². The Balaban J connectivity index is 3.30. The fraction of sp³-hybridized carbons (Fsp3) is 0.875. The average molecular weight is 175 g/mol. The lowest BCUT2D eigenvalue weighted by Gasteiger charge is -2.14. The van der Waals surface area contributed by atoms with E-state index >= 15 is 0 Å². The number of carbonyl (C=O) groups excluding carboxylic acids is 1. The number of nitrogens with zero attached hydrogens (tertiary/aromatic N) is 1. The summed E-state index contributed by atoms with van der Waals surface area (Å²) in [5.41, 5.74) is 0. The summed E-state index contributed by atoms with van der Waals surface area (Å²) in [6.07, 6.45) is 1.16. The molecule has 0 aliphatic heterocycles. The summed E-state index contributed by atoms with van der Waals surface area (Å²) >= 11 is 0. The molecule has 72 valence electrons. The summed E-state index contributed by atoms with van der Waals surface area (Å²) < 4.78 is 4.49. The Morgan fingerprint density at radius 2 is 2.17 bits per heavy atom. The van der Waals surface area contributed by atoms with Crippen molar-refractivity contribution >= 4 is 5.97 Å². The van der Waals surface area contributed by atoms with Gasteiger partial charge in [-0.2, -0.15) is 0 Å². The second-order valence-corrected chi connectivity index (χ2v) is 2.71. The average Bonchev–Trinajstić information content (AvgIpc) is 2.10. The van der Waals surface area contributed by atoms with E-state index < -0.39 is 0 Å². The van der Waals surface area contributed by atoms with E-state index in [9.17, 15) is 4.79 Å². The monoisotopic (exact) mass is 175 g/mol. The van der Waals surface area contributed by atoms with Crippen LogP contribution in [0.25, 0.3) is 0 Å². The first-order chi connectivity index (χ1) is 5.70. The van der Waals surface area contributed by atoms with Crippen LogP contribution in [-0.4, -0.2) is 49.8 Å². The van der Waals surface area contributed by atoms with Gasteiger partial charge in [-0.3, -0.25) is 4.79 Å². The van der Waals surface area contributed by atoms with Crippen LogP contribution < -0.4 is 0 Å². The van der Waals surface area contributed by atoms with Gasteiger partial charge in [-0.1, -0.05) is 0 Å². The summed E-state index contributed by atoms with van der Waals surface area (Å²) in [7, 11) is 3.30. The number of carbonyl (C=O) groups is 1. The zero-order chi connectivity index (χ0) is 9.40. The van der Waals surface area contributed by atoms with Gasteiger partial charge in [0.25, 0.3) is 0 Å². The van der Waals surface area contributed by atoms with Crippen molar-refractivity contribution in [3.05, 3.63) is 0 Å². The van der Waals surface area contributed by atoms with E-state index in [-0.39, 0.29) is 12.6 Å². The van der Waals surface area contributed by atoms with Gasteiger partial charge in [0, 0.05) is 19.7 Å². The number of aliphatic hydroxyl groups excluding tert-OH is 1. The maximum atomic E-state index is 10.7. The maximum Gasteiger partial charge on any atom is 0.306 e. The van der Waals surface area contributed by atoms with Crippen LogP contribution in [0.15, 0.2) is 0 Å². The van der Waals surface area contributed by atoms with Crippen molar-refractivity contribution in [2.24, 2.45) is 0 Å². The van der Waals surface area contributed by atoms with Gasteiger partial charge in [-0.15, -0.1) is 0 Å². The molecule has 0 fully saturated rings. The van der Waals surface area contributed by atoms with Crippen LogP contribution in [0.1, 0.15) is 12.8 Å². The Morgan fingerprint density at radius 1 is 1.50 bits per heavy atom. The van der Waals surface area contributed by atoms with Gasteiger partial charge in [-0.05, 0) is 13.5 Å². The number of methoxy groups -OCH3 is 1. The Labute approximate surface area is 73.1 Å². The molecule has 0 aromatic carbocycles. The molecule has 0 aromatic heterocycles. The van der Waals surface area contributed by atoms with E-state index in [0.717, 1.165) is 13.0 Å². The number of esters is 1. The molecule has 4 heteroatoms. The van der Waals surface area contributed by atoms with Crippen LogP contribution >= 0.6 is 0 Å². The summed E-state index contributed by atoms with van der Waals surface area (Å²) in [4.78, 5) is 12.7. The molecule has 1 N–H and O–H groups in total. The lowest BCUT2D eigenvalue weighted by Crippen LogP contribution is -2.23. The molecular weight excluding hydrogens is 158 g/mol. The molecule has 0 rings (SSSR count). The molecule has 0 bridgehead atoms. The van der Waals surface area contributed by atoms with Crippen LogP contribution in [0.3, 0.4) is 0 Å². The molecule has 0 aliphatic rings. The third-order valence-electron chi connectivity index (χ3n) is 1.62. The van der Waals surface area contributed by atoms with E-state index in [0.29, 0.717) is 13.0 Å². The summed E-state index contributed by atoms with van der Waals surface area (Å²) in [5, 5.41) is 8.52. The Kier molecular flexibility index (Phi) is 6.70. The first-order valence-electron chi connectivity index (χ1n) is 4.07. The van der Waals surface area contributed by atoms with E-state index in [4.69, 9.17) is 5.11 Å². The first-order valence-corrected chi connectivity index (χ1v) is 4.07. The van der Waals surface area contributed by atoms with Gasteiger partial charge < -0.3 is 14.7 Å². The standard InChI is InChI=1S/C8H17NO3/c1-9(5-3-7-10)6-4-8(11)12-2/h10H,3-7H2,1-2H3. The highest BCUT2D eigenvalue weighted by Crippen LogP contribution is 1.91. The number of hydrogen-bond donors (Lipinski definition) is 1. The lowest BCUT2D eigenvalue weighted by molar-refractivity contribution is -0.140. The van der Waals surface area contributed by atoms with Crippen molar-refractivity contribution in [2.75, 3.05) is 33.9 Å². The second kappa shape index (κ2) is 7.06. The molecule has 0 amide bonds. The first kappa shape index (κ1) is 11.4. The molecule has 0 heterocycles. The zero-order valence-corrected chi connectivity index (χ0v) is 7.75. The van der Waals surface area contributed by atoms with Crippen LogP contribution in [0, 0.1) is 0 Å². The van der Waals surface area contributed by atoms with E-state index in [1.54, 1.807) is 0 Å². The highest BCUT2D eigenvalue weighted by molar-refractivity contribution is 5.69. The molecule has 0 aliphatic carbocycles. The SMILES string of the molecule is COC(=O)CCN(C)CCCO. The van der Waals surface area contributed by atoms with E-state index in [1.807, 2.05) is 11.9 Å². The van der Waals surface area contributed by atoms with E-state index in [1.165, 1.54) is 7.11 Å². The molecule has 0 unspecified atom stereocenters. The summed E-state index contributed by atoms with van der Waals surface area (Å²) in [6, 6.07) is 0. The lowest BCUT2D eigenvalue weighted by atomic mass is 10.3. The Bertz CT molecular complexity index is 127. The van der Waals surface area contributed by atoms with E-state index in [2.05, 4.69) is 4.74 Å². The van der Waals surface area contributed by atoms with Gasteiger partial charge in [0.15, 0.2) is 0 Å². The van der Waals surface area contributed by atoms with Gasteiger partial charge in [0.2, 0.25) is 0 Å². The highest BCUT2D eigenvalue weighted by atomic mass is 16.5. The molecule has 4 nitrogen and oxygen atoms in total. The maximum absolute atomic E-state index is 10.7. The third kappa shape index (κ3) is 6.12. The predicted molar refractivity (Wildman–Crippen MR) is 45.8 cm³/mol.